The van der Waals surface area contributed by atoms with Gasteiger partial charge in [-0.2, -0.15) is 10.5 Å². The maximum absolute atomic E-state index is 11.8. The lowest BCUT2D eigenvalue weighted by molar-refractivity contribution is -0.130. The standard InChI is InChI=1S/C12H20N4O/c1-12(2,5-6-13)4-3-11(17)16(9-7-14)10-8-15/h3-6,9-10,13H2,1-2H3. The minimum absolute atomic E-state index is 0.0232. The zero-order valence-electron chi connectivity index (χ0n) is 10.6. The van der Waals surface area contributed by atoms with Crippen LogP contribution in [-0.4, -0.2) is 30.4 Å². The van der Waals surface area contributed by atoms with Crippen LogP contribution in [-0.2, 0) is 4.79 Å². The summed E-state index contributed by atoms with van der Waals surface area (Å²) < 4.78 is 0. The highest BCUT2D eigenvalue weighted by Crippen LogP contribution is 2.26. The Balaban J connectivity index is 4.24. The first kappa shape index (κ1) is 15.4. The lowest BCUT2D eigenvalue weighted by atomic mass is 9.84. The van der Waals surface area contributed by atoms with E-state index in [-0.39, 0.29) is 24.4 Å². The van der Waals surface area contributed by atoms with Crippen molar-refractivity contribution in [1.82, 2.24) is 4.90 Å². The highest BCUT2D eigenvalue weighted by Gasteiger charge is 2.20. The van der Waals surface area contributed by atoms with E-state index in [0.29, 0.717) is 13.0 Å². The molecule has 0 spiro atoms. The molecular weight excluding hydrogens is 216 g/mol. The predicted octanol–water partition coefficient (Wildman–Crippen LogP) is 1.02. The average molecular weight is 236 g/mol. The van der Waals surface area contributed by atoms with Gasteiger partial charge in [-0.1, -0.05) is 13.8 Å². The van der Waals surface area contributed by atoms with Gasteiger partial charge in [0.15, 0.2) is 0 Å². The Morgan fingerprint density at radius 1 is 1.24 bits per heavy atom. The molecule has 0 bridgehead atoms. The number of nitrogens with zero attached hydrogens (tertiary/aromatic N) is 3. The molecule has 0 radical (unpaired) electrons. The second-order valence-electron chi connectivity index (χ2n) is 4.77. The van der Waals surface area contributed by atoms with Gasteiger partial charge < -0.3 is 10.6 Å². The average Bonchev–Trinajstić information content (AvgIpc) is 2.26. The van der Waals surface area contributed by atoms with Gasteiger partial charge in [0.25, 0.3) is 0 Å². The summed E-state index contributed by atoms with van der Waals surface area (Å²) >= 11 is 0. The normalized spacial score (nSPS) is 10.4. The van der Waals surface area contributed by atoms with Crippen molar-refractivity contribution in [1.29, 1.82) is 10.5 Å². The Hall–Kier alpha value is -1.59. The van der Waals surface area contributed by atoms with Crippen molar-refractivity contribution in [2.45, 2.75) is 33.1 Å². The van der Waals surface area contributed by atoms with Gasteiger partial charge in [0.2, 0.25) is 5.91 Å². The van der Waals surface area contributed by atoms with Gasteiger partial charge in [-0.25, -0.2) is 0 Å². The first-order valence-electron chi connectivity index (χ1n) is 5.68. The zero-order chi connectivity index (χ0) is 13.3. The molecule has 94 valence electrons. The maximum Gasteiger partial charge on any atom is 0.224 e. The monoisotopic (exact) mass is 236 g/mol. The van der Waals surface area contributed by atoms with Crippen molar-refractivity contribution in [2.24, 2.45) is 11.1 Å². The van der Waals surface area contributed by atoms with Gasteiger partial charge >= 0.3 is 0 Å². The molecule has 5 nitrogen and oxygen atoms in total. The molecule has 0 unspecified atom stereocenters. The van der Waals surface area contributed by atoms with E-state index in [1.807, 2.05) is 12.1 Å². The number of carbonyl (C=O) groups is 1. The Morgan fingerprint density at radius 2 is 1.76 bits per heavy atom. The van der Waals surface area contributed by atoms with Crippen LogP contribution < -0.4 is 5.73 Å². The van der Waals surface area contributed by atoms with E-state index in [4.69, 9.17) is 16.3 Å². The summed E-state index contributed by atoms with van der Waals surface area (Å²) in [5.41, 5.74) is 5.52. The van der Waals surface area contributed by atoms with Gasteiger partial charge in [0, 0.05) is 6.42 Å². The fraction of sp³-hybridized carbons (Fsp3) is 0.750. The van der Waals surface area contributed by atoms with E-state index in [1.165, 1.54) is 4.90 Å². The van der Waals surface area contributed by atoms with Crippen LogP contribution in [0, 0.1) is 28.1 Å². The van der Waals surface area contributed by atoms with Crippen LogP contribution in [0.3, 0.4) is 0 Å². The summed E-state index contributed by atoms with van der Waals surface area (Å²) in [6, 6.07) is 3.78. The molecule has 0 rings (SSSR count). The van der Waals surface area contributed by atoms with Crippen molar-refractivity contribution >= 4 is 5.91 Å². The lowest BCUT2D eigenvalue weighted by Gasteiger charge is -2.25. The largest absolute Gasteiger partial charge is 0.330 e. The van der Waals surface area contributed by atoms with E-state index in [2.05, 4.69) is 13.8 Å². The number of nitriles is 2. The van der Waals surface area contributed by atoms with E-state index < -0.39 is 0 Å². The fourth-order valence-electron chi connectivity index (χ4n) is 1.52. The third-order valence-corrected chi connectivity index (χ3v) is 2.71. The molecule has 0 aromatic rings. The minimum atomic E-state index is -0.141. The number of hydrogen-bond acceptors (Lipinski definition) is 4. The second-order valence-corrected chi connectivity index (χ2v) is 4.77. The summed E-state index contributed by atoms with van der Waals surface area (Å²) in [4.78, 5) is 13.0. The quantitative estimate of drug-likeness (QED) is 0.668. The summed E-state index contributed by atoms with van der Waals surface area (Å²) in [6.45, 7) is 4.67. The maximum atomic E-state index is 11.8. The zero-order valence-corrected chi connectivity index (χ0v) is 10.6. The Labute approximate surface area is 103 Å². The fourth-order valence-corrected chi connectivity index (χ4v) is 1.52. The van der Waals surface area contributed by atoms with Gasteiger partial charge in [-0.15, -0.1) is 0 Å². The molecule has 0 aliphatic rings. The number of rotatable bonds is 7. The van der Waals surface area contributed by atoms with E-state index in [1.54, 1.807) is 0 Å². The van der Waals surface area contributed by atoms with E-state index >= 15 is 0 Å². The first-order valence-corrected chi connectivity index (χ1v) is 5.68. The van der Waals surface area contributed by atoms with Crippen molar-refractivity contribution in [3.05, 3.63) is 0 Å². The van der Waals surface area contributed by atoms with Crippen LogP contribution in [0.1, 0.15) is 33.1 Å². The van der Waals surface area contributed by atoms with Crippen molar-refractivity contribution in [2.75, 3.05) is 19.6 Å². The molecule has 0 saturated heterocycles. The number of nitrogens with two attached hydrogens (primary N) is 1. The molecule has 2 N–H and O–H groups in total. The molecule has 0 fully saturated rings. The molecule has 0 aliphatic carbocycles. The minimum Gasteiger partial charge on any atom is -0.330 e. The molecule has 0 aliphatic heterocycles. The van der Waals surface area contributed by atoms with Gasteiger partial charge in [-0.3, -0.25) is 4.79 Å². The predicted molar refractivity (Wildman–Crippen MR) is 64.5 cm³/mol. The van der Waals surface area contributed by atoms with Crippen molar-refractivity contribution in [3.8, 4) is 12.1 Å². The molecular formula is C12H20N4O. The highest BCUT2D eigenvalue weighted by atomic mass is 16.2. The summed E-state index contributed by atoms with van der Waals surface area (Å²) in [5.74, 6) is -0.141. The molecule has 0 aromatic heterocycles. The van der Waals surface area contributed by atoms with Crippen LogP contribution in [0.2, 0.25) is 0 Å². The van der Waals surface area contributed by atoms with Gasteiger partial charge in [0.1, 0.15) is 13.1 Å². The molecule has 0 saturated carbocycles. The third kappa shape index (κ3) is 6.55. The Kier molecular flexibility index (Phi) is 6.93. The second kappa shape index (κ2) is 7.65. The molecule has 5 heteroatoms. The van der Waals surface area contributed by atoms with Gasteiger partial charge in [-0.05, 0) is 24.8 Å². The molecule has 17 heavy (non-hydrogen) atoms. The summed E-state index contributed by atoms with van der Waals surface area (Å²) in [5, 5.41) is 17.1. The van der Waals surface area contributed by atoms with Gasteiger partial charge in [0.05, 0.1) is 12.1 Å². The van der Waals surface area contributed by atoms with Crippen LogP contribution in [0.25, 0.3) is 0 Å². The smallest absolute Gasteiger partial charge is 0.224 e. The SMILES string of the molecule is CC(C)(CCN)CCC(=O)N(CC#N)CC#N. The molecule has 0 heterocycles. The molecule has 1 amide bonds. The molecule has 0 atom stereocenters. The van der Waals surface area contributed by atoms with Crippen molar-refractivity contribution in [3.63, 3.8) is 0 Å². The summed E-state index contributed by atoms with van der Waals surface area (Å²) in [7, 11) is 0. The van der Waals surface area contributed by atoms with E-state index in [9.17, 15) is 4.79 Å². The lowest BCUT2D eigenvalue weighted by Crippen LogP contribution is -2.32. The Bertz CT molecular complexity index is 308. The highest BCUT2D eigenvalue weighted by molar-refractivity contribution is 5.76. The summed E-state index contributed by atoms with van der Waals surface area (Å²) in [6.07, 6.45) is 1.93. The van der Waals surface area contributed by atoms with Crippen LogP contribution in [0.15, 0.2) is 0 Å². The Morgan fingerprint density at radius 3 is 2.18 bits per heavy atom. The van der Waals surface area contributed by atoms with Crippen LogP contribution >= 0.6 is 0 Å². The first-order chi connectivity index (χ1) is 7.96. The topological polar surface area (TPSA) is 93.9 Å². The van der Waals surface area contributed by atoms with Crippen LogP contribution in [0.5, 0.6) is 0 Å². The van der Waals surface area contributed by atoms with Crippen molar-refractivity contribution < 1.29 is 4.79 Å². The van der Waals surface area contributed by atoms with Crippen LogP contribution in [0.4, 0.5) is 0 Å². The molecule has 0 aromatic carbocycles. The third-order valence-electron chi connectivity index (χ3n) is 2.71. The number of amides is 1. The van der Waals surface area contributed by atoms with E-state index in [0.717, 1.165) is 12.8 Å². The number of hydrogen-bond donors (Lipinski definition) is 1. The number of carbonyl (C=O) groups excluding carboxylic acids is 1.